The predicted molar refractivity (Wildman–Crippen MR) is 54.5 cm³/mol. The standard InChI is InChI=1S/C11H15F2NO/c1-7(15)5-8(6-14)9-3-2-4-10(12)11(9)13/h2-4,7-8,15H,5-6,14H2,1H3. The average Bonchev–Trinajstić information content (AvgIpc) is 2.19. The van der Waals surface area contributed by atoms with Gasteiger partial charge in [-0.1, -0.05) is 12.1 Å². The van der Waals surface area contributed by atoms with E-state index in [4.69, 9.17) is 5.73 Å². The van der Waals surface area contributed by atoms with Gasteiger partial charge in [0.05, 0.1) is 6.10 Å². The molecule has 15 heavy (non-hydrogen) atoms. The third-order valence-electron chi connectivity index (χ3n) is 2.33. The molecule has 0 radical (unpaired) electrons. The first-order chi connectivity index (χ1) is 7.06. The fourth-order valence-electron chi connectivity index (χ4n) is 1.60. The van der Waals surface area contributed by atoms with E-state index in [9.17, 15) is 13.9 Å². The van der Waals surface area contributed by atoms with Crippen molar-refractivity contribution in [2.24, 2.45) is 5.73 Å². The van der Waals surface area contributed by atoms with Crippen LogP contribution in [0.25, 0.3) is 0 Å². The summed E-state index contributed by atoms with van der Waals surface area (Å²) in [6, 6.07) is 4.01. The van der Waals surface area contributed by atoms with Gasteiger partial charge in [-0.25, -0.2) is 8.78 Å². The first kappa shape index (κ1) is 12.1. The van der Waals surface area contributed by atoms with Crippen LogP contribution in [0.1, 0.15) is 24.8 Å². The van der Waals surface area contributed by atoms with Gasteiger partial charge in [-0.05, 0) is 31.5 Å². The lowest BCUT2D eigenvalue weighted by Gasteiger charge is -2.17. The highest BCUT2D eigenvalue weighted by atomic mass is 19.2. The average molecular weight is 215 g/mol. The minimum atomic E-state index is -0.878. The zero-order valence-corrected chi connectivity index (χ0v) is 8.58. The summed E-state index contributed by atoms with van der Waals surface area (Å²) in [7, 11) is 0. The van der Waals surface area contributed by atoms with Crippen LogP contribution in [0.5, 0.6) is 0 Å². The number of benzene rings is 1. The first-order valence-corrected chi connectivity index (χ1v) is 4.88. The van der Waals surface area contributed by atoms with Crippen LogP contribution in [0.3, 0.4) is 0 Å². The van der Waals surface area contributed by atoms with Crippen LogP contribution in [0.4, 0.5) is 8.78 Å². The minimum Gasteiger partial charge on any atom is -0.393 e. The summed E-state index contributed by atoms with van der Waals surface area (Å²) in [5, 5.41) is 9.20. The van der Waals surface area contributed by atoms with E-state index in [2.05, 4.69) is 0 Å². The van der Waals surface area contributed by atoms with Gasteiger partial charge in [0.2, 0.25) is 0 Å². The molecule has 84 valence electrons. The van der Waals surface area contributed by atoms with Gasteiger partial charge in [0.25, 0.3) is 0 Å². The molecule has 1 aromatic rings. The molecular weight excluding hydrogens is 200 g/mol. The van der Waals surface area contributed by atoms with Crippen molar-refractivity contribution in [1.82, 2.24) is 0 Å². The second-order valence-corrected chi connectivity index (χ2v) is 3.66. The Labute approximate surface area is 87.7 Å². The van der Waals surface area contributed by atoms with Crippen molar-refractivity contribution in [2.75, 3.05) is 6.54 Å². The molecule has 0 heterocycles. The zero-order chi connectivity index (χ0) is 11.4. The van der Waals surface area contributed by atoms with Crippen LogP contribution in [-0.2, 0) is 0 Å². The summed E-state index contributed by atoms with van der Waals surface area (Å²) in [5.41, 5.74) is 5.71. The molecule has 2 atom stereocenters. The smallest absolute Gasteiger partial charge is 0.162 e. The molecule has 2 unspecified atom stereocenters. The Morgan fingerprint density at radius 2 is 2.07 bits per heavy atom. The minimum absolute atomic E-state index is 0.186. The quantitative estimate of drug-likeness (QED) is 0.804. The van der Waals surface area contributed by atoms with Crippen LogP contribution < -0.4 is 5.73 Å². The molecule has 0 aliphatic carbocycles. The first-order valence-electron chi connectivity index (χ1n) is 4.88. The fourth-order valence-corrected chi connectivity index (χ4v) is 1.60. The summed E-state index contributed by atoms with van der Waals surface area (Å²) in [6.45, 7) is 1.78. The van der Waals surface area contributed by atoms with Crippen molar-refractivity contribution < 1.29 is 13.9 Å². The van der Waals surface area contributed by atoms with Crippen LogP contribution in [0.2, 0.25) is 0 Å². The molecule has 1 aromatic carbocycles. The largest absolute Gasteiger partial charge is 0.393 e. The van der Waals surface area contributed by atoms with Crippen molar-refractivity contribution >= 4 is 0 Å². The predicted octanol–water partition coefficient (Wildman–Crippen LogP) is 1.78. The van der Waals surface area contributed by atoms with Gasteiger partial charge in [0.15, 0.2) is 11.6 Å². The van der Waals surface area contributed by atoms with Crippen LogP contribution in [0.15, 0.2) is 18.2 Å². The molecule has 0 aliphatic heterocycles. The SMILES string of the molecule is CC(O)CC(CN)c1cccc(F)c1F. The highest BCUT2D eigenvalue weighted by Crippen LogP contribution is 2.24. The molecule has 4 heteroatoms. The van der Waals surface area contributed by atoms with E-state index in [1.807, 2.05) is 0 Å². The highest BCUT2D eigenvalue weighted by Gasteiger charge is 2.18. The highest BCUT2D eigenvalue weighted by molar-refractivity contribution is 5.23. The monoisotopic (exact) mass is 215 g/mol. The number of hydrogen-bond acceptors (Lipinski definition) is 2. The van der Waals surface area contributed by atoms with Crippen LogP contribution >= 0.6 is 0 Å². The number of nitrogens with two attached hydrogens (primary N) is 1. The van der Waals surface area contributed by atoms with E-state index >= 15 is 0 Å². The van der Waals surface area contributed by atoms with E-state index in [0.717, 1.165) is 6.07 Å². The van der Waals surface area contributed by atoms with E-state index < -0.39 is 17.7 Å². The third kappa shape index (κ3) is 2.97. The Kier molecular flexibility index (Phi) is 4.17. The van der Waals surface area contributed by atoms with Crippen molar-refractivity contribution in [1.29, 1.82) is 0 Å². The van der Waals surface area contributed by atoms with Gasteiger partial charge >= 0.3 is 0 Å². The lowest BCUT2D eigenvalue weighted by atomic mass is 9.93. The van der Waals surface area contributed by atoms with Crippen LogP contribution in [-0.4, -0.2) is 17.8 Å². The zero-order valence-electron chi connectivity index (χ0n) is 8.58. The maximum Gasteiger partial charge on any atom is 0.162 e. The van der Waals surface area contributed by atoms with E-state index in [-0.39, 0.29) is 18.0 Å². The summed E-state index contributed by atoms with van der Waals surface area (Å²) < 4.78 is 26.3. The van der Waals surface area contributed by atoms with Gasteiger partial charge in [0.1, 0.15) is 0 Å². The Bertz CT molecular complexity index is 328. The summed E-state index contributed by atoms with van der Waals surface area (Å²) in [6.07, 6.45) is -0.252. The van der Waals surface area contributed by atoms with Gasteiger partial charge in [-0.3, -0.25) is 0 Å². The summed E-state index contributed by atoms with van der Waals surface area (Å²) >= 11 is 0. The van der Waals surface area contributed by atoms with Gasteiger partial charge in [-0.2, -0.15) is 0 Å². The summed E-state index contributed by atoms with van der Waals surface area (Å²) in [5.74, 6) is -2.09. The van der Waals surface area contributed by atoms with Crippen molar-refractivity contribution in [2.45, 2.75) is 25.4 Å². The van der Waals surface area contributed by atoms with Crippen molar-refractivity contribution in [3.05, 3.63) is 35.4 Å². The Morgan fingerprint density at radius 3 is 2.60 bits per heavy atom. The van der Waals surface area contributed by atoms with Crippen LogP contribution in [0, 0.1) is 11.6 Å². The molecule has 0 saturated carbocycles. The van der Waals surface area contributed by atoms with E-state index in [1.165, 1.54) is 12.1 Å². The molecule has 0 aliphatic rings. The molecule has 0 aromatic heterocycles. The Morgan fingerprint density at radius 1 is 1.40 bits per heavy atom. The molecule has 2 nitrogen and oxygen atoms in total. The fraction of sp³-hybridized carbons (Fsp3) is 0.455. The third-order valence-corrected chi connectivity index (χ3v) is 2.33. The molecule has 0 amide bonds. The number of halogens is 2. The summed E-state index contributed by atoms with van der Waals surface area (Å²) in [4.78, 5) is 0. The number of aliphatic hydroxyl groups excluding tert-OH is 1. The van der Waals surface area contributed by atoms with Gasteiger partial charge < -0.3 is 10.8 Å². The number of hydrogen-bond donors (Lipinski definition) is 2. The van der Waals surface area contributed by atoms with Gasteiger partial charge in [-0.15, -0.1) is 0 Å². The lowest BCUT2D eigenvalue weighted by Crippen LogP contribution is -2.19. The molecule has 0 saturated heterocycles. The normalized spacial score (nSPS) is 15.0. The molecular formula is C11H15F2NO. The molecule has 0 bridgehead atoms. The molecule has 0 fully saturated rings. The maximum atomic E-state index is 13.4. The van der Waals surface area contributed by atoms with Crippen molar-refractivity contribution in [3.8, 4) is 0 Å². The molecule has 0 spiro atoms. The Balaban J connectivity index is 2.96. The number of rotatable bonds is 4. The van der Waals surface area contributed by atoms with Crippen molar-refractivity contribution in [3.63, 3.8) is 0 Å². The Hall–Kier alpha value is -1.00. The van der Waals surface area contributed by atoms with E-state index in [1.54, 1.807) is 6.92 Å². The second kappa shape index (κ2) is 5.19. The van der Waals surface area contributed by atoms with E-state index in [0.29, 0.717) is 6.42 Å². The maximum absolute atomic E-state index is 13.4. The molecule has 3 N–H and O–H groups in total. The molecule has 1 rings (SSSR count). The second-order valence-electron chi connectivity index (χ2n) is 3.66. The number of aliphatic hydroxyl groups is 1. The van der Waals surface area contributed by atoms with Gasteiger partial charge in [0, 0.05) is 5.92 Å². The lowest BCUT2D eigenvalue weighted by molar-refractivity contribution is 0.174. The topological polar surface area (TPSA) is 46.2 Å².